The Morgan fingerprint density at radius 2 is 2.07 bits per heavy atom. The Morgan fingerprint density at radius 1 is 1.25 bits per heavy atom. The van der Waals surface area contributed by atoms with E-state index in [1.807, 2.05) is 22.6 Å². The number of aromatic nitrogens is 3. The van der Waals surface area contributed by atoms with Gasteiger partial charge in [0.1, 0.15) is 9.52 Å². The van der Waals surface area contributed by atoms with Gasteiger partial charge in [0.2, 0.25) is 11.8 Å². The van der Waals surface area contributed by atoms with E-state index in [4.69, 9.17) is 10.5 Å². The van der Waals surface area contributed by atoms with Crippen LogP contribution in [-0.2, 0) is 6.42 Å². The highest BCUT2D eigenvalue weighted by Crippen LogP contribution is 2.34. The van der Waals surface area contributed by atoms with Gasteiger partial charge in [0.15, 0.2) is 0 Å². The number of fused-ring (bicyclic) bond motifs is 1. The second-order valence-electron chi connectivity index (χ2n) is 6.22. The van der Waals surface area contributed by atoms with Crippen LogP contribution in [0.1, 0.15) is 27.7 Å². The summed E-state index contributed by atoms with van der Waals surface area (Å²) in [5.41, 5.74) is 8.60. The number of rotatable bonds is 3. The maximum atomic E-state index is 14.0. The van der Waals surface area contributed by atoms with E-state index in [1.165, 1.54) is 19.2 Å². The molecule has 9 heteroatoms. The largest absolute Gasteiger partial charge is 0.481 e. The normalized spacial score (nSPS) is 15.7. The number of anilines is 1. The summed E-state index contributed by atoms with van der Waals surface area (Å²) in [6.07, 6.45) is 0.409. The quantitative estimate of drug-likeness (QED) is 0.432. The first kappa shape index (κ1) is 18.5. The molecule has 3 N–H and O–H groups in total. The summed E-state index contributed by atoms with van der Waals surface area (Å²) in [7, 11) is 1.52. The highest BCUT2D eigenvalue weighted by atomic mass is 127. The number of carbonyl (C=O) groups is 1. The number of benzene rings is 1. The molecule has 0 spiro atoms. The third-order valence-electron chi connectivity index (χ3n) is 4.49. The van der Waals surface area contributed by atoms with E-state index in [2.05, 4.69) is 20.3 Å². The third kappa shape index (κ3) is 3.37. The number of nitrogens with one attached hydrogen (secondary N) is 1. The van der Waals surface area contributed by atoms with Crippen molar-refractivity contribution < 1.29 is 13.9 Å². The van der Waals surface area contributed by atoms with Crippen LogP contribution in [0, 0.1) is 9.52 Å². The number of pyridine rings is 1. The fourth-order valence-electron chi connectivity index (χ4n) is 3.26. The fraction of sp³-hybridized carbons (Fsp3) is 0.158. The molecule has 0 fully saturated rings. The zero-order chi connectivity index (χ0) is 19.8. The van der Waals surface area contributed by atoms with Crippen molar-refractivity contribution >= 4 is 34.4 Å². The molecule has 1 aliphatic heterocycles. The van der Waals surface area contributed by atoms with Crippen molar-refractivity contribution in [3.63, 3.8) is 0 Å². The standard InChI is InChI=1S/C19H15FIN5O2/c1-28-15-4-2-3-12(23-15)11-7-9(20)5-6-10(11)13-8-14-16(18(27)24-13)17(21)26-19(22)25-14/h2-7,13H,8H2,1H3,(H,24,27)(H2,22,25,26)/t13-/m1/s1. The first-order valence-corrected chi connectivity index (χ1v) is 9.47. The molecule has 0 bridgehead atoms. The Kier molecular flexibility index (Phi) is 4.84. The molecule has 3 aromatic rings. The zero-order valence-corrected chi connectivity index (χ0v) is 16.9. The lowest BCUT2D eigenvalue weighted by atomic mass is 9.91. The van der Waals surface area contributed by atoms with Crippen LogP contribution in [-0.4, -0.2) is 28.0 Å². The van der Waals surface area contributed by atoms with Gasteiger partial charge in [-0.1, -0.05) is 12.1 Å². The zero-order valence-electron chi connectivity index (χ0n) is 14.7. The number of carbonyl (C=O) groups excluding carboxylic acids is 1. The van der Waals surface area contributed by atoms with E-state index in [0.29, 0.717) is 38.5 Å². The summed E-state index contributed by atoms with van der Waals surface area (Å²) >= 11 is 1.97. The number of amides is 1. The Hall–Kier alpha value is -2.82. The van der Waals surface area contributed by atoms with E-state index in [0.717, 1.165) is 5.56 Å². The van der Waals surface area contributed by atoms with Crippen LogP contribution in [0.15, 0.2) is 36.4 Å². The minimum atomic E-state index is -0.409. The monoisotopic (exact) mass is 491 g/mol. The molecule has 0 radical (unpaired) electrons. The van der Waals surface area contributed by atoms with E-state index >= 15 is 0 Å². The van der Waals surface area contributed by atoms with E-state index < -0.39 is 11.9 Å². The summed E-state index contributed by atoms with van der Waals surface area (Å²) < 4.78 is 19.7. The molecule has 7 nitrogen and oxygen atoms in total. The lowest BCUT2D eigenvalue weighted by Gasteiger charge is -2.27. The molecule has 0 saturated heterocycles. The van der Waals surface area contributed by atoms with E-state index in [1.54, 1.807) is 24.3 Å². The predicted octanol–water partition coefficient (Wildman–Crippen LogP) is 2.90. The van der Waals surface area contributed by atoms with Crippen LogP contribution in [0.25, 0.3) is 11.3 Å². The number of methoxy groups -OCH3 is 1. The predicted molar refractivity (Wildman–Crippen MR) is 109 cm³/mol. The highest BCUT2D eigenvalue weighted by Gasteiger charge is 2.31. The lowest BCUT2D eigenvalue weighted by Crippen LogP contribution is -2.37. The molecular weight excluding hydrogens is 476 g/mol. The minimum Gasteiger partial charge on any atom is -0.481 e. The molecule has 28 heavy (non-hydrogen) atoms. The Morgan fingerprint density at radius 3 is 2.86 bits per heavy atom. The van der Waals surface area contributed by atoms with Crippen molar-refractivity contribution in [1.82, 2.24) is 20.3 Å². The third-order valence-corrected chi connectivity index (χ3v) is 5.27. The second kappa shape index (κ2) is 7.30. The van der Waals surface area contributed by atoms with Gasteiger partial charge in [-0.15, -0.1) is 0 Å². The minimum absolute atomic E-state index is 0.116. The van der Waals surface area contributed by atoms with Crippen LogP contribution < -0.4 is 15.8 Å². The Bertz CT molecular complexity index is 1090. The van der Waals surface area contributed by atoms with Crippen molar-refractivity contribution in [2.75, 3.05) is 12.8 Å². The van der Waals surface area contributed by atoms with Gasteiger partial charge in [0.05, 0.1) is 30.1 Å². The summed E-state index contributed by atoms with van der Waals surface area (Å²) in [6.45, 7) is 0. The van der Waals surface area contributed by atoms with E-state index in [9.17, 15) is 9.18 Å². The number of hydrogen-bond acceptors (Lipinski definition) is 6. The lowest BCUT2D eigenvalue weighted by molar-refractivity contribution is 0.0922. The number of hydrogen-bond donors (Lipinski definition) is 2. The van der Waals surface area contributed by atoms with Gasteiger partial charge >= 0.3 is 0 Å². The van der Waals surface area contributed by atoms with Crippen molar-refractivity contribution in [2.24, 2.45) is 0 Å². The van der Waals surface area contributed by atoms with Crippen LogP contribution in [0.3, 0.4) is 0 Å². The second-order valence-corrected chi connectivity index (χ2v) is 7.24. The molecule has 142 valence electrons. The first-order chi connectivity index (χ1) is 13.5. The van der Waals surface area contributed by atoms with Gasteiger partial charge in [-0.25, -0.2) is 19.3 Å². The highest BCUT2D eigenvalue weighted by molar-refractivity contribution is 14.1. The maximum Gasteiger partial charge on any atom is 0.256 e. The van der Waals surface area contributed by atoms with Crippen molar-refractivity contribution in [1.29, 1.82) is 0 Å². The Balaban J connectivity index is 1.81. The summed E-state index contributed by atoms with van der Waals surface area (Å²) in [6, 6.07) is 9.26. The SMILES string of the molecule is COc1cccc(-c2cc(F)ccc2[C@H]2Cc3nc(N)nc(I)c3C(=O)N2)n1. The summed E-state index contributed by atoms with van der Waals surface area (Å²) in [5, 5.41) is 2.96. The molecule has 1 aliphatic rings. The average Bonchev–Trinajstić information content (AvgIpc) is 2.67. The molecule has 1 aromatic carbocycles. The topological polar surface area (TPSA) is 103 Å². The van der Waals surface area contributed by atoms with Crippen molar-refractivity contribution in [3.05, 3.63) is 62.7 Å². The smallest absolute Gasteiger partial charge is 0.256 e. The maximum absolute atomic E-state index is 14.0. The van der Waals surface area contributed by atoms with Gasteiger partial charge in [-0.3, -0.25) is 4.79 Å². The molecule has 2 aromatic heterocycles. The molecular formula is C19H15FIN5O2. The first-order valence-electron chi connectivity index (χ1n) is 8.40. The fourth-order valence-corrected chi connectivity index (χ4v) is 4.07. The van der Waals surface area contributed by atoms with Crippen LogP contribution in [0.2, 0.25) is 0 Å². The van der Waals surface area contributed by atoms with E-state index in [-0.39, 0.29) is 11.9 Å². The summed E-state index contributed by atoms with van der Waals surface area (Å²) in [5.74, 6) is -0.150. The molecule has 3 heterocycles. The van der Waals surface area contributed by atoms with Gasteiger partial charge in [0, 0.05) is 18.1 Å². The Labute approximate surface area is 173 Å². The average molecular weight is 491 g/mol. The van der Waals surface area contributed by atoms with Crippen LogP contribution >= 0.6 is 22.6 Å². The number of halogens is 2. The number of nitrogens with zero attached hydrogens (tertiary/aromatic N) is 3. The molecule has 0 saturated carbocycles. The molecule has 0 unspecified atom stereocenters. The van der Waals surface area contributed by atoms with Gasteiger partial charge in [-0.2, -0.15) is 0 Å². The molecule has 0 aliphatic carbocycles. The van der Waals surface area contributed by atoms with Crippen molar-refractivity contribution in [2.45, 2.75) is 12.5 Å². The summed E-state index contributed by atoms with van der Waals surface area (Å²) in [4.78, 5) is 25.4. The van der Waals surface area contributed by atoms with Crippen molar-refractivity contribution in [3.8, 4) is 17.1 Å². The van der Waals surface area contributed by atoms with Gasteiger partial charge in [0.25, 0.3) is 5.91 Å². The van der Waals surface area contributed by atoms with Crippen LogP contribution in [0.5, 0.6) is 5.88 Å². The molecule has 4 rings (SSSR count). The van der Waals surface area contributed by atoms with Crippen LogP contribution in [0.4, 0.5) is 10.3 Å². The van der Waals surface area contributed by atoms with Gasteiger partial charge in [-0.05, 0) is 46.4 Å². The number of nitrogen functional groups attached to an aromatic ring is 1. The molecule has 1 atom stereocenters. The molecule has 1 amide bonds. The number of ether oxygens (including phenoxy) is 1. The number of nitrogens with two attached hydrogens (primary N) is 1. The van der Waals surface area contributed by atoms with Gasteiger partial charge < -0.3 is 15.8 Å².